The average Bonchev–Trinajstić information content (AvgIpc) is 2.56. The van der Waals surface area contributed by atoms with E-state index in [-0.39, 0.29) is 11.9 Å². The van der Waals surface area contributed by atoms with Gasteiger partial charge in [0.05, 0.1) is 20.3 Å². The number of rotatable bonds is 6. The van der Waals surface area contributed by atoms with Gasteiger partial charge in [-0.2, -0.15) is 0 Å². The number of piperidine rings is 1. The molecule has 0 aliphatic carbocycles. The third-order valence-electron chi connectivity index (χ3n) is 4.60. The van der Waals surface area contributed by atoms with Crippen molar-refractivity contribution in [3.8, 4) is 11.5 Å². The van der Waals surface area contributed by atoms with Gasteiger partial charge in [0.15, 0.2) is 11.5 Å². The zero-order valence-corrected chi connectivity index (χ0v) is 14.6. The number of hydrogen-bond acceptors (Lipinski definition) is 4. The normalized spacial score (nSPS) is 17.6. The summed E-state index contributed by atoms with van der Waals surface area (Å²) >= 11 is 0. The average molecular weight is 320 g/mol. The number of methoxy groups -OCH3 is 2. The molecule has 0 radical (unpaired) electrons. The Labute approximate surface area is 139 Å². The summed E-state index contributed by atoms with van der Waals surface area (Å²) in [4.78, 5) is 14.6. The number of nitrogens with one attached hydrogen (secondary N) is 1. The number of nitrogens with zero attached hydrogens (tertiary/aromatic N) is 1. The number of benzene rings is 1. The molecule has 1 fully saturated rings. The zero-order chi connectivity index (χ0) is 16.8. The van der Waals surface area contributed by atoms with E-state index < -0.39 is 0 Å². The lowest BCUT2D eigenvalue weighted by atomic mass is 9.93. The van der Waals surface area contributed by atoms with Crippen LogP contribution in [-0.2, 0) is 4.79 Å². The fourth-order valence-corrected chi connectivity index (χ4v) is 3.03. The summed E-state index contributed by atoms with van der Waals surface area (Å²) in [5, 5.41) is 3.09. The Bertz CT molecular complexity index is 525. The monoisotopic (exact) mass is 320 g/mol. The molecule has 1 saturated heterocycles. The Morgan fingerprint density at radius 2 is 1.91 bits per heavy atom. The van der Waals surface area contributed by atoms with Gasteiger partial charge in [0.1, 0.15) is 0 Å². The number of carbonyl (C=O) groups excluding carboxylic acids is 1. The summed E-state index contributed by atoms with van der Waals surface area (Å²) in [6.45, 7) is 4.17. The maximum Gasteiger partial charge on any atom is 0.220 e. The van der Waals surface area contributed by atoms with Crippen LogP contribution in [0.2, 0.25) is 0 Å². The Hall–Kier alpha value is -1.75. The second-order valence-corrected chi connectivity index (χ2v) is 6.35. The molecule has 0 aromatic heterocycles. The highest BCUT2D eigenvalue weighted by molar-refractivity contribution is 5.76. The molecule has 1 N–H and O–H groups in total. The van der Waals surface area contributed by atoms with E-state index in [1.807, 2.05) is 25.1 Å². The molecule has 2 rings (SSSR count). The quantitative estimate of drug-likeness (QED) is 0.875. The Balaban J connectivity index is 1.90. The molecule has 1 aliphatic heterocycles. The van der Waals surface area contributed by atoms with Crippen molar-refractivity contribution >= 4 is 5.91 Å². The molecular weight excluding hydrogens is 292 g/mol. The predicted octanol–water partition coefficient (Wildman–Crippen LogP) is 2.61. The van der Waals surface area contributed by atoms with Crippen molar-refractivity contribution in [3.63, 3.8) is 0 Å². The largest absolute Gasteiger partial charge is 0.493 e. The fraction of sp³-hybridized carbons (Fsp3) is 0.611. The van der Waals surface area contributed by atoms with Gasteiger partial charge in [0.2, 0.25) is 5.91 Å². The standard InChI is InChI=1S/C18H28N2O3/c1-13(15-5-6-16(22-3)17(12-15)23-4)19-18(21)11-14-7-9-20(2)10-8-14/h5-6,12-14H,7-11H2,1-4H3,(H,19,21)/t13-/m0/s1. The topological polar surface area (TPSA) is 50.8 Å². The fourth-order valence-electron chi connectivity index (χ4n) is 3.03. The second kappa shape index (κ2) is 8.20. The van der Waals surface area contributed by atoms with Crippen molar-refractivity contribution in [1.29, 1.82) is 0 Å². The third kappa shape index (κ3) is 4.86. The summed E-state index contributed by atoms with van der Waals surface area (Å²) in [6, 6.07) is 5.70. The molecule has 1 heterocycles. The maximum absolute atomic E-state index is 12.3. The van der Waals surface area contributed by atoms with Crippen LogP contribution >= 0.6 is 0 Å². The highest BCUT2D eigenvalue weighted by atomic mass is 16.5. The molecule has 23 heavy (non-hydrogen) atoms. The van der Waals surface area contributed by atoms with E-state index in [1.54, 1.807) is 14.2 Å². The Kier molecular flexibility index (Phi) is 6.28. The van der Waals surface area contributed by atoms with E-state index in [4.69, 9.17) is 9.47 Å². The van der Waals surface area contributed by atoms with Crippen LogP contribution in [0, 0.1) is 5.92 Å². The Morgan fingerprint density at radius 1 is 1.26 bits per heavy atom. The van der Waals surface area contributed by atoms with E-state index in [2.05, 4.69) is 17.3 Å². The number of likely N-dealkylation sites (tertiary alicyclic amines) is 1. The van der Waals surface area contributed by atoms with Crippen LogP contribution < -0.4 is 14.8 Å². The van der Waals surface area contributed by atoms with Crippen LogP contribution in [0.25, 0.3) is 0 Å². The molecule has 5 heteroatoms. The maximum atomic E-state index is 12.3. The van der Waals surface area contributed by atoms with Crippen LogP contribution in [-0.4, -0.2) is 45.2 Å². The molecule has 1 amide bonds. The summed E-state index contributed by atoms with van der Waals surface area (Å²) in [5.74, 6) is 2.01. The minimum Gasteiger partial charge on any atom is -0.493 e. The second-order valence-electron chi connectivity index (χ2n) is 6.35. The summed E-state index contributed by atoms with van der Waals surface area (Å²) in [5.41, 5.74) is 1.01. The van der Waals surface area contributed by atoms with E-state index >= 15 is 0 Å². The lowest BCUT2D eigenvalue weighted by Crippen LogP contribution is -2.34. The van der Waals surface area contributed by atoms with Gasteiger partial charge in [0, 0.05) is 6.42 Å². The van der Waals surface area contributed by atoms with Gasteiger partial charge in [-0.3, -0.25) is 4.79 Å². The highest BCUT2D eigenvalue weighted by Crippen LogP contribution is 2.30. The molecule has 1 aromatic rings. The summed E-state index contributed by atoms with van der Waals surface area (Å²) < 4.78 is 10.6. The first-order valence-electron chi connectivity index (χ1n) is 8.23. The zero-order valence-electron chi connectivity index (χ0n) is 14.6. The SMILES string of the molecule is COc1ccc([C@H](C)NC(=O)CC2CCN(C)CC2)cc1OC. The minimum atomic E-state index is -0.0476. The Morgan fingerprint density at radius 3 is 2.52 bits per heavy atom. The number of carbonyl (C=O) groups is 1. The van der Waals surface area contributed by atoms with E-state index in [0.29, 0.717) is 23.8 Å². The van der Waals surface area contributed by atoms with E-state index in [1.165, 1.54) is 0 Å². The van der Waals surface area contributed by atoms with Crippen molar-refractivity contribution < 1.29 is 14.3 Å². The summed E-state index contributed by atoms with van der Waals surface area (Å²) in [6.07, 6.45) is 2.83. The molecule has 0 saturated carbocycles. The van der Waals surface area contributed by atoms with E-state index in [0.717, 1.165) is 31.5 Å². The molecule has 0 bridgehead atoms. The van der Waals surface area contributed by atoms with Crippen molar-refractivity contribution in [2.75, 3.05) is 34.4 Å². The number of ether oxygens (including phenoxy) is 2. The van der Waals surface area contributed by atoms with Crippen LogP contribution in [0.5, 0.6) is 11.5 Å². The first-order chi connectivity index (χ1) is 11.0. The van der Waals surface area contributed by atoms with Gasteiger partial charge in [-0.05, 0) is 63.5 Å². The molecule has 128 valence electrons. The lowest BCUT2D eigenvalue weighted by Gasteiger charge is -2.28. The van der Waals surface area contributed by atoms with Gasteiger partial charge in [-0.15, -0.1) is 0 Å². The van der Waals surface area contributed by atoms with Crippen molar-refractivity contribution in [2.24, 2.45) is 5.92 Å². The molecule has 5 nitrogen and oxygen atoms in total. The van der Waals surface area contributed by atoms with Gasteiger partial charge in [-0.25, -0.2) is 0 Å². The van der Waals surface area contributed by atoms with Gasteiger partial charge < -0.3 is 19.7 Å². The summed E-state index contributed by atoms with van der Waals surface area (Å²) in [7, 11) is 5.37. The molecular formula is C18H28N2O3. The smallest absolute Gasteiger partial charge is 0.220 e. The van der Waals surface area contributed by atoms with Crippen LogP contribution in [0.15, 0.2) is 18.2 Å². The first kappa shape index (κ1) is 17.6. The van der Waals surface area contributed by atoms with E-state index in [9.17, 15) is 4.79 Å². The lowest BCUT2D eigenvalue weighted by molar-refractivity contribution is -0.123. The molecule has 1 aromatic carbocycles. The van der Waals surface area contributed by atoms with Gasteiger partial charge >= 0.3 is 0 Å². The highest BCUT2D eigenvalue weighted by Gasteiger charge is 2.20. The molecule has 1 atom stereocenters. The van der Waals surface area contributed by atoms with Crippen LogP contribution in [0.1, 0.15) is 37.8 Å². The van der Waals surface area contributed by atoms with Gasteiger partial charge in [0.25, 0.3) is 0 Å². The predicted molar refractivity (Wildman–Crippen MR) is 90.9 cm³/mol. The van der Waals surface area contributed by atoms with Crippen LogP contribution in [0.4, 0.5) is 0 Å². The first-order valence-corrected chi connectivity index (χ1v) is 8.23. The molecule has 0 unspecified atom stereocenters. The third-order valence-corrected chi connectivity index (χ3v) is 4.60. The number of amides is 1. The molecule has 0 spiro atoms. The van der Waals surface area contributed by atoms with Crippen molar-refractivity contribution in [3.05, 3.63) is 23.8 Å². The van der Waals surface area contributed by atoms with Gasteiger partial charge in [-0.1, -0.05) is 6.07 Å². The van der Waals surface area contributed by atoms with Crippen molar-refractivity contribution in [2.45, 2.75) is 32.2 Å². The van der Waals surface area contributed by atoms with Crippen LogP contribution in [0.3, 0.4) is 0 Å². The number of hydrogen-bond donors (Lipinski definition) is 1. The molecule has 1 aliphatic rings. The van der Waals surface area contributed by atoms with Crippen molar-refractivity contribution in [1.82, 2.24) is 10.2 Å². The minimum absolute atomic E-state index is 0.0476.